The molecule has 14 heteroatoms. The molecule has 2 aromatic heterocycles. The molecule has 2 unspecified atom stereocenters. The molecule has 4 rings (SSSR count). The predicted molar refractivity (Wildman–Crippen MR) is 108 cm³/mol. The first-order chi connectivity index (χ1) is 14.3. The van der Waals surface area contributed by atoms with Crippen molar-refractivity contribution in [1.82, 2.24) is 25.4 Å². The van der Waals surface area contributed by atoms with E-state index in [2.05, 4.69) is 20.5 Å². The number of hydrogen-bond donors (Lipinski definition) is 3. The fraction of sp³-hybridized carbons (Fsp3) is 0.500. The van der Waals surface area contributed by atoms with Gasteiger partial charge in [0.25, 0.3) is 5.22 Å². The number of H-pyrrole nitrogens is 1. The summed E-state index contributed by atoms with van der Waals surface area (Å²) in [6.07, 6.45) is -0.0286. The lowest BCUT2D eigenvalue weighted by atomic mass is 9.89. The number of carboxylic acid groups (broad SMARTS) is 1. The molecule has 0 spiro atoms. The molecule has 0 aromatic carbocycles. The van der Waals surface area contributed by atoms with Crippen LogP contribution >= 0.6 is 34.9 Å². The van der Waals surface area contributed by atoms with Crippen LogP contribution in [0.5, 0.6) is 0 Å². The van der Waals surface area contributed by atoms with Crippen LogP contribution in [-0.2, 0) is 20.8 Å². The summed E-state index contributed by atoms with van der Waals surface area (Å²) in [6, 6.07) is -0.703. The molecule has 0 saturated carbocycles. The number of β-lactam (4-membered cyclic amide) rings is 1. The molecule has 3 atom stereocenters. The number of rotatable bonds is 7. The summed E-state index contributed by atoms with van der Waals surface area (Å²) in [5, 5.41) is 21.6. The molecule has 0 radical (unpaired) electrons. The minimum atomic E-state index is -1.16. The maximum absolute atomic E-state index is 12.6. The van der Waals surface area contributed by atoms with Crippen LogP contribution in [0, 0.1) is 12.3 Å². The van der Waals surface area contributed by atoms with Crippen LogP contribution < -0.4 is 10.2 Å². The summed E-state index contributed by atoms with van der Waals surface area (Å²) in [4.78, 5) is 51.8. The highest BCUT2D eigenvalue weighted by molar-refractivity contribution is 8.00. The fourth-order valence-electron chi connectivity index (χ4n) is 3.24. The van der Waals surface area contributed by atoms with E-state index in [4.69, 9.17) is 4.42 Å². The Labute approximate surface area is 182 Å². The zero-order chi connectivity index (χ0) is 21.5. The summed E-state index contributed by atoms with van der Waals surface area (Å²) in [5.41, 5.74) is -0.671. The van der Waals surface area contributed by atoms with Crippen molar-refractivity contribution in [2.45, 2.75) is 30.0 Å². The third kappa shape index (κ3) is 3.98. The average molecular weight is 472 g/mol. The highest BCUT2D eigenvalue weighted by Crippen LogP contribution is 2.44. The number of aromatic amines is 1. The smallest absolute Gasteiger partial charge is 0.313 e. The third-order valence-electron chi connectivity index (χ3n) is 4.82. The molecule has 0 aliphatic carbocycles. The van der Waals surface area contributed by atoms with Gasteiger partial charge < -0.3 is 24.7 Å². The van der Waals surface area contributed by atoms with Crippen LogP contribution in [0.1, 0.15) is 11.6 Å². The number of thioether (sulfide) groups is 2. The van der Waals surface area contributed by atoms with E-state index < -0.39 is 17.4 Å². The van der Waals surface area contributed by atoms with E-state index >= 15 is 0 Å². The minimum Gasteiger partial charge on any atom is -0.481 e. The Morgan fingerprint density at radius 3 is 2.90 bits per heavy atom. The van der Waals surface area contributed by atoms with Crippen molar-refractivity contribution in [2.24, 2.45) is 5.41 Å². The summed E-state index contributed by atoms with van der Waals surface area (Å²) in [6.45, 7) is 1.69. The van der Waals surface area contributed by atoms with E-state index in [1.165, 1.54) is 16.7 Å². The molecule has 2 aliphatic heterocycles. The highest BCUT2D eigenvalue weighted by atomic mass is 32.2. The first kappa shape index (κ1) is 20.9. The van der Waals surface area contributed by atoms with Gasteiger partial charge in [0.1, 0.15) is 16.8 Å². The molecule has 30 heavy (non-hydrogen) atoms. The summed E-state index contributed by atoms with van der Waals surface area (Å²) >= 11 is 3.44. The predicted octanol–water partition coefficient (Wildman–Crippen LogP) is -0.0665. The number of aliphatic carboxylic acids is 1. The molecule has 4 heterocycles. The second kappa shape index (κ2) is 8.07. The molecule has 0 bridgehead atoms. The van der Waals surface area contributed by atoms with Gasteiger partial charge in [-0.05, 0) is 0 Å². The maximum atomic E-state index is 12.6. The van der Waals surface area contributed by atoms with Gasteiger partial charge in [-0.15, -0.1) is 22.0 Å². The van der Waals surface area contributed by atoms with Gasteiger partial charge in [0.05, 0.1) is 6.42 Å². The van der Waals surface area contributed by atoms with Crippen molar-refractivity contribution < 1.29 is 23.9 Å². The van der Waals surface area contributed by atoms with Crippen molar-refractivity contribution in [1.29, 1.82) is 0 Å². The van der Waals surface area contributed by atoms with Gasteiger partial charge in [-0.1, -0.05) is 23.1 Å². The monoisotopic (exact) mass is 471 g/mol. The van der Waals surface area contributed by atoms with Crippen molar-refractivity contribution in [2.75, 3.05) is 18.1 Å². The van der Waals surface area contributed by atoms with Gasteiger partial charge in [-0.2, -0.15) is 0 Å². The number of aryl methyl sites for hydroxylation is 1. The van der Waals surface area contributed by atoms with Gasteiger partial charge in [0.15, 0.2) is 0 Å². The second-order valence-electron chi connectivity index (χ2n) is 7.02. The Morgan fingerprint density at radius 2 is 2.27 bits per heavy atom. The van der Waals surface area contributed by atoms with E-state index in [9.17, 15) is 24.3 Å². The number of aromatic nitrogens is 3. The van der Waals surface area contributed by atoms with Crippen molar-refractivity contribution in [3.8, 4) is 0 Å². The summed E-state index contributed by atoms with van der Waals surface area (Å²) in [7, 11) is 0. The van der Waals surface area contributed by atoms with E-state index in [0.717, 1.165) is 23.1 Å². The van der Waals surface area contributed by atoms with Crippen molar-refractivity contribution in [3.63, 3.8) is 0 Å². The van der Waals surface area contributed by atoms with Crippen molar-refractivity contribution >= 4 is 52.6 Å². The Hall–Kier alpha value is -2.32. The van der Waals surface area contributed by atoms with Gasteiger partial charge in [-0.3, -0.25) is 19.2 Å². The first-order valence-electron chi connectivity index (χ1n) is 8.82. The van der Waals surface area contributed by atoms with Crippen LogP contribution in [0.4, 0.5) is 0 Å². The maximum Gasteiger partial charge on any atom is 0.313 e. The highest BCUT2D eigenvalue weighted by Gasteiger charge is 2.57. The third-order valence-corrected chi connectivity index (χ3v) is 8.23. The summed E-state index contributed by atoms with van der Waals surface area (Å²) in [5.74, 6) is -0.845. The van der Waals surface area contributed by atoms with Crippen LogP contribution in [0.25, 0.3) is 0 Å². The topological polar surface area (TPSA) is 158 Å². The zero-order valence-electron chi connectivity index (χ0n) is 15.6. The Bertz CT molecular complexity index is 1050. The lowest BCUT2D eigenvalue weighted by Gasteiger charge is -2.53. The normalized spacial score (nSPS) is 25.5. The number of fused-ring (bicyclic) bond motifs is 1. The second-order valence-corrected chi connectivity index (χ2v) is 9.90. The molecule has 2 aliphatic rings. The molecule has 11 nitrogen and oxygen atoms in total. The number of hydrogen-bond acceptors (Lipinski definition) is 10. The number of carbonyl (C=O) groups is 3. The van der Waals surface area contributed by atoms with E-state index in [-0.39, 0.29) is 51.8 Å². The van der Waals surface area contributed by atoms with Gasteiger partial charge in [0.2, 0.25) is 17.7 Å². The number of nitrogens with one attached hydrogen (secondary N) is 2. The quantitative estimate of drug-likeness (QED) is 0.369. The van der Waals surface area contributed by atoms with Gasteiger partial charge in [0, 0.05) is 36.0 Å². The van der Waals surface area contributed by atoms with Crippen molar-refractivity contribution in [3.05, 3.63) is 26.6 Å². The van der Waals surface area contributed by atoms with E-state index in [1.54, 1.807) is 12.3 Å². The number of carbonyl (C=O) groups excluding carboxylic acids is 2. The Morgan fingerprint density at radius 1 is 1.47 bits per heavy atom. The molecule has 2 saturated heterocycles. The Balaban J connectivity index is 1.37. The standard InChI is InChI=1S/C16H17N5O6S3/c1-7-19-20-15(27-7)30-6-16(13(24)25)4-21-11(23)10(12(21)29-5-16)18-9(22)2-8-3-28-14(26)17-8/h3,10,12H,2,4-6H2,1H3,(H,17,26)(H,18,22)(H,24,25)/t10?,12-,16?/m1/s1. The summed E-state index contributed by atoms with van der Waals surface area (Å²) < 4.78 is 5.29. The van der Waals surface area contributed by atoms with Crippen LogP contribution in [0.3, 0.4) is 0 Å². The number of thiazole rings is 1. The number of nitrogens with zero attached hydrogens (tertiary/aromatic N) is 3. The molecule has 2 fully saturated rings. The molecule has 2 aromatic rings. The van der Waals surface area contributed by atoms with Gasteiger partial charge in [-0.25, -0.2) is 0 Å². The number of carboxylic acids is 1. The van der Waals surface area contributed by atoms with E-state index in [1.807, 2.05) is 0 Å². The molecule has 2 amide bonds. The van der Waals surface area contributed by atoms with Crippen LogP contribution in [-0.4, -0.2) is 72.4 Å². The lowest BCUT2D eigenvalue weighted by Crippen LogP contribution is -2.74. The lowest BCUT2D eigenvalue weighted by molar-refractivity contribution is -0.157. The van der Waals surface area contributed by atoms with Crippen LogP contribution in [0.15, 0.2) is 19.8 Å². The van der Waals surface area contributed by atoms with Crippen LogP contribution in [0.2, 0.25) is 0 Å². The van der Waals surface area contributed by atoms with E-state index in [0.29, 0.717) is 11.6 Å². The SMILES string of the molecule is Cc1nnc(SCC2(C(=O)O)CS[C@@H]3C(NC(=O)Cc4csc(=O)[nH]4)C(=O)N3C2)o1. The average Bonchev–Trinajstić information content (AvgIpc) is 3.31. The first-order valence-corrected chi connectivity index (χ1v) is 11.7. The number of amides is 2. The molecular weight excluding hydrogens is 454 g/mol. The zero-order valence-corrected chi connectivity index (χ0v) is 18.1. The largest absolute Gasteiger partial charge is 0.481 e. The van der Waals surface area contributed by atoms with Gasteiger partial charge >= 0.3 is 10.8 Å². The molecular formula is C16H17N5O6S3. The fourth-order valence-corrected chi connectivity index (χ4v) is 6.49. The molecule has 3 N–H and O–H groups in total. The minimum absolute atomic E-state index is 0.0286. The Kier molecular flexibility index (Phi) is 5.63. The molecule has 160 valence electrons.